The molecule has 0 aliphatic heterocycles. The van der Waals surface area contributed by atoms with E-state index >= 15 is 0 Å². The predicted octanol–water partition coefficient (Wildman–Crippen LogP) is 11.5. The van der Waals surface area contributed by atoms with Crippen molar-refractivity contribution >= 4 is 19.4 Å². The molecule has 2 unspecified atom stereocenters. The molecule has 3 aromatic rings. The monoisotopic (exact) mass is 782 g/mol. The van der Waals surface area contributed by atoms with E-state index in [-0.39, 0.29) is 30.4 Å². The number of nitrogens with one attached hydrogen (secondary N) is 1. The zero-order valence-corrected chi connectivity index (χ0v) is 33.8. The molecule has 0 aromatic heterocycles. The van der Waals surface area contributed by atoms with E-state index in [4.69, 9.17) is 23.3 Å². The summed E-state index contributed by atoms with van der Waals surface area (Å²) in [6.07, 6.45) is 20.4. The SMILES string of the molecule is CCCCCCCCCCCCCCCCCCOCC(COC(=O)[C@@H](C)NP(=O)(Oc1ccccc1)Oc1ccc([N+](=O)[O-])cc1)OCc1ccccc1. The van der Waals surface area contributed by atoms with Crippen LogP contribution >= 0.6 is 7.75 Å². The molecule has 12 heteroatoms. The van der Waals surface area contributed by atoms with Crippen LogP contribution in [-0.2, 0) is 30.2 Å². The van der Waals surface area contributed by atoms with Crippen LogP contribution < -0.4 is 14.1 Å². The molecule has 0 heterocycles. The molecule has 3 atom stereocenters. The number of carbonyl (C=O) groups is 1. The topological polar surface area (TPSA) is 135 Å². The summed E-state index contributed by atoms with van der Waals surface area (Å²) in [7, 11) is -4.24. The van der Waals surface area contributed by atoms with Crippen LogP contribution in [0.1, 0.15) is 122 Å². The van der Waals surface area contributed by atoms with Crippen molar-refractivity contribution in [3.8, 4) is 11.5 Å². The Hall–Kier alpha value is -3.76. The second-order valence-corrected chi connectivity index (χ2v) is 15.6. The highest BCUT2D eigenvalue weighted by atomic mass is 31.2. The number of nitro groups is 1. The summed E-state index contributed by atoms with van der Waals surface area (Å²) < 4.78 is 43.0. The number of esters is 1. The largest absolute Gasteiger partial charge is 0.513 e. The highest BCUT2D eigenvalue weighted by Gasteiger charge is 2.34. The smallest absolute Gasteiger partial charge is 0.462 e. The zero-order valence-electron chi connectivity index (χ0n) is 32.9. The lowest BCUT2D eigenvalue weighted by molar-refractivity contribution is -0.384. The maximum Gasteiger partial charge on any atom is 0.513 e. The third-order valence-corrected chi connectivity index (χ3v) is 10.7. The molecule has 0 saturated carbocycles. The van der Waals surface area contributed by atoms with E-state index in [0.29, 0.717) is 13.2 Å². The van der Waals surface area contributed by atoms with E-state index in [0.717, 1.165) is 18.4 Å². The van der Waals surface area contributed by atoms with Crippen LogP contribution in [0.5, 0.6) is 11.5 Å². The molecule has 3 rings (SSSR count). The van der Waals surface area contributed by atoms with Crippen LogP contribution in [0.15, 0.2) is 84.9 Å². The molecule has 0 saturated heterocycles. The predicted molar refractivity (Wildman–Crippen MR) is 217 cm³/mol. The molecule has 55 heavy (non-hydrogen) atoms. The Balaban J connectivity index is 1.40. The van der Waals surface area contributed by atoms with E-state index in [1.807, 2.05) is 30.3 Å². The van der Waals surface area contributed by atoms with Crippen LogP contribution in [0.4, 0.5) is 5.69 Å². The fourth-order valence-electron chi connectivity index (χ4n) is 5.95. The van der Waals surface area contributed by atoms with Crippen LogP contribution in [0.25, 0.3) is 0 Å². The van der Waals surface area contributed by atoms with Gasteiger partial charge in [-0.1, -0.05) is 152 Å². The van der Waals surface area contributed by atoms with Crippen LogP contribution in [0, 0.1) is 10.1 Å². The summed E-state index contributed by atoms with van der Waals surface area (Å²) in [5.41, 5.74) is 0.822. The molecular weight excluding hydrogens is 719 g/mol. The first-order valence-electron chi connectivity index (χ1n) is 20.2. The van der Waals surface area contributed by atoms with Crippen molar-refractivity contribution in [2.24, 2.45) is 0 Å². The van der Waals surface area contributed by atoms with Crippen molar-refractivity contribution in [1.29, 1.82) is 0 Å². The number of nitro benzene ring substituents is 1. The van der Waals surface area contributed by atoms with Crippen LogP contribution in [0.2, 0.25) is 0 Å². The van der Waals surface area contributed by atoms with Gasteiger partial charge in [0.05, 0.1) is 18.1 Å². The lowest BCUT2D eigenvalue weighted by Gasteiger charge is -2.24. The Labute approximate surface area is 328 Å². The highest BCUT2D eigenvalue weighted by Crippen LogP contribution is 2.45. The number of hydrogen-bond acceptors (Lipinski definition) is 9. The zero-order chi connectivity index (χ0) is 39.4. The van der Waals surface area contributed by atoms with Crippen molar-refractivity contribution in [1.82, 2.24) is 5.09 Å². The number of rotatable bonds is 32. The van der Waals surface area contributed by atoms with E-state index < -0.39 is 30.8 Å². The summed E-state index contributed by atoms with van der Waals surface area (Å²) in [5.74, 6) is -0.416. The van der Waals surface area contributed by atoms with Gasteiger partial charge in [-0.15, -0.1) is 0 Å². The van der Waals surface area contributed by atoms with Crippen molar-refractivity contribution in [3.05, 3.63) is 101 Å². The second kappa shape index (κ2) is 27.8. The molecular formula is C43H63N2O9P. The van der Waals surface area contributed by atoms with Gasteiger partial charge in [-0.2, -0.15) is 5.09 Å². The van der Waals surface area contributed by atoms with E-state index in [2.05, 4.69) is 12.0 Å². The average molecular weight is 783 g/mol. The molecule has 0 amide bonds. The number of hydrogen-bond donors (Lipinski definition) is 1. The first kappa shape index (κ1) is 45.6. The van der Waals surface area contributed by atoms with Gasteiger partial charge in [0, 0.05) is 18.7 Å². The standard InChI is InChI=1S/C43H63N2O9P/c1-3-4-5-6-7-8-9-10-11-12-13-14-15-16-17-24-33-50-35-42(51-34-38-25-20-18-21-26-38)36-52-43(46)37(2)44-55(49,53-40-27-22-19-23-28-40)54-41-31-29-39(30-32-41)45(47)48/h18-23,25-32,37,42H,3-17,24,33-36H2,1-2H3,(H,44,49)/t37-,42?,55?/m1/s1. The third kappa shape index (κ3) is 20.7. The minimum absolute atomic E-state index is 0.0498. The summed E-state index contributed by atoms with van der Waals surface area (Å²) in [5, 5.41) is 13.7. The summed E-state index contributed by atoms with van der Waals surface area (Å²) >= 11 is 0. The number of non-ortho nitro benzene ring substituents is 1. The Morgan fingerprint density at radius 1 is 0.691 bits per heavy atom. The van der Waals surface area contributed by atoms with Crippen molar-refractivity contribution < 1.29 is 37.5 Å². The lowest BCUT2D eigenvalue weighted by Crippen LogP contribution is -2.38. The Bertz CT molecular complexity index is 1500. The fourth-order valence-corrected chi connectivity index (χ4v) is 7.47. The normalized spacial score (nSPS) is 13.4. The maximum absolute atomic E-state index is 13.9. The first-order chi connectivity index (χ1) is 26.8. The van der Waals surface area contributed by atoms with Gasteiger partial charge in [0.2, 0.25) is 0 Å². The number of unbranched alkanes of at least 4 members (excludes halogenated alkanes) is 15. The van der Waals surface area contributed by atoms with Gasteiger partial charge >= 0.3 is 13.7 Å². The summed E-state index contributed by atoms with van der Waals surface area (Å²) in [6, 6.07) is 22.0. The second-order valence-electron chi connectivity index (χ2n) is 14.0. The summed E-state index contributed by atoms with van der Waals surface area (Å²) in [6.45, 7) is 4.83. The first-order valence-corrected chi connectivity index (χ1v) is 21.8. The molecule has 11 nitrogen and oxygen atoms in total. The minimum atomic E-state index is -4.24. The molecule has 0 spiro atoms. The quantitative estimate of drug-likeness (QED) is 0.0214. The molecule has 3 aromatic carbocycles. The molecule has 1 N–H and O–H groups in total. The van der Waals surface area contributed by atoms with Gasteiger partial charge in [-0.25, -0.2) is 4.57 Å². The fraction of sp³-hybridized carbons (Fsp3) is 0.558. The number of para-hydroxylation sites is 1. The van der Waals surface area contributed by atoms with Crippen molar-refractivity contribution in [2.75, 3.05) is 19.8 Å². The minimum Gasteiger partial charge on any atom is -0.462 e. The van der Waals surface area contributed by atoms with Crippen LogP contribution in [0.3, 0.4) is 0 Å². The van der Waals surface area contributed by atoms with E-state index in [1.165, 1.54) is 121 Å². The highest BCUT2D eigenvalue weighted by molar-refractivity contribution is 7.52. The van der Waals surface area contributed by atoms with Gasteiger partial charge in [0.25, 0.3) is 5.69 Å². The lowest BCUT2D eigenvalue weighted by atomic mass is 10.0. The maximum atomic E-state index is 13.9. The molecule has 0 aliphatic rings. The van der Waals surface area contributed by atoms with E-state index in [1.54, 1.807) is 30.3 Å². The van der Waals surface area contributed by atoms with Crippen molar-refractivity contribution in [3.63, 3.8) is 0 Å². The summed E-state index contributed by atoms with van der Waals surface area (Å²) in [4.78, 5) is 23.7. The van der Waals surface area contributed by atoms with E-state index in [9.17, 15) is 19.5 Å². The number of carbonyl (C=O) groups excluding carboxylic acids is 1. The molecule has 0 fully saturated rings. The van der Waals surface area contributed by atoms with Gasteiger partial charge in [-0.3, -0.25) is 14.9 Å². The Morgan fingerprint density at radius 2 is 1.18 bits per heavy atom. The van der Waals surface area contributed by atoms with Gasteiger partial charge in [0.15, 0.2) is 0 Å². The molecule has 0 radical (unpaired) electrons. The molecule has 304 valence electrons. The van der Waals surface area contributed by atoms with Gasteiger partial charge in [-0.05, 0) is 43.2 Å². The molecule has 0 bridgehead atoms. The number of ether oxygens (including phenoxy) is 3. The number of benzene rings is 3. The molecule has 0 aliphatic carbocycles. The average Bonchev–Trinajstić information content (AvgIpc) is 3.18. The van der Waals surface area contributed by atoms with Gasteiger partial charge in [0.1, 0.15) is 30.3 Å². The third-order valence-electron chi connectivity index (χ3n) is 9.13. The van der Waals surface area contributed by atoms with Crippen molar-refractivity contribution in [2.45, 2.75) is 135 Å². The van der Waals surface area contributed by atoms with Gasteiger partial charge < -0.3 is 23.3 Å². The Morgan fingerprint density at radius 3 is 1.71 bits per heavy atom. The Kier molecular flexibility index (Phi) is 23.0. The van der Waals surface area contributed by atoms with Crippen LogP contribution in [-0.4, -0.2) is 42.9 Å². The number of nitrogens with zero attached hydrogens (tertiary/aromatic N) is 1.